The van der Waals surface area contributed by atoms with Gasteiger partial charge in [-0.15, -0.1) is 0 Å². The summed E-state index contributed by atoms with van der Waals surface area (Å²) >= 11 is 6.39. The topological polar surface area (TPSA) is 117 Å². The van der Waals surface area contributed by atoms with E-state index >= 15 is 0 Å². The van der Waals surface area contributed by atoms with Crippen LogP contribution in [0.1, 0.15) is 11.1 Å². The van der Waals surface area contributed by atoms with Crippen LogP contribution >= 0.6 is 18.7 Å². The number of fused-ring (bicyclic) bond motifs is 1. The van der Waals surface area contributed by atoms with Crippen molar-refractivity contribution in [2.45, 2.75) is 13.0 Å². The molecule has 14 heteroatoms. The normalized spacial score (nSPS) is 14.1. The van der Waals surface area contributed by atoms with Gasteiger partial charge in [-0.05, 0) is 62.2 Å². The number of halogens is 2. The number of nitrogens with zero attached hydrogens (tertiary/aromatic N) is 4. The molecule has 0 amide bonds. The predicted molar refractivity (Wildman–Crippen MR) is 151 cm³/mol. The fourth-order valence-corrected chi connectivity index (χ4v) is 5.91. The first kappa shape index (κ1) is 28.1. The second kappa shape index (κ2) is 10.7. The predicted octanol–water partition coefficient (Wildman–Crippen LogP) is 4.51. The third-order valence-corrected chi connectivity index (χ3v) is 8.89. The molecule has 2 N–H and O–H groups in total. The van der Waals surface area contributed by atoms with Crippen molar-refractivity contribution in [3.05, 3.63) is 52.7 Å². The first-order valence-corrected chi connectivity index (χ1v) is 15.9. The molecular formula is C24H29ClFN6O4PS. The average Bonchev–Trinajstić information content (AvgIpc) is 2.84. The highest BCUT2D eigenvalue weighted by Gasteiger charge is 2.26. The highest BCUT2D eigenvalue weighted by Crippen LogP contribution is 2.43. The van der Waals surface area contributed by atoms with Crippen molar-refractivity contribution >= 4 is 63.3 Å². The van der Waals surface area contributed by atoms with Gasteiger partial charge in [0.2, 0.25) is 5.95 Å². The van der Waals surface area contributed by atoms with E-state index in [1.807, 2.05) is 12.1 Å². The molecule has 3 aromatic rings. The molecular weight excluding hydrogens is 554 g/mol. The minimum absolute atomic E-state index is 0.0569. The van der Waals surface area contributed by atoms with E-state index < -0.39 is 17.6 Å². The molecule has 4 rings (SSSR count). The molecule has 38 heavy (non-hydrogen) atoms. The molecule has 204 valence electrons. The van der Waals surface area contributed by atoms with Crippen molar-refractivity contribution in [3.8, 4) is 5.75 Å². The minimum atomic E-state index is -5.10. The Bertz CT molecular complexity index is 1530. The number of benzene rings is 2. The van der Waals surface area contributed by atoms with Crippen LogP contribution in [0.5, 0.6) is 5.75 Å². The van der Waals surface area contributed by atoms with Crippen molar-refractivity contribution in [2.75, 3.05) is 56.0 Å². The van der Waals surface area contributed by atoms with Gasteiger partial charge < -0.3 is 24.8 Å². The Morgan fingerprint density at radius 1 is 1.21 bits per heavy atom. The SMILES string of the molecule is COc1cc2c(cc1Nc1ncc(Cl)c(Nc3c(N(C)S(=O)(=O)F)cccc3P(C)(C)=O)n1)CN(C)CC2. The van der Waals surface area contributed by atoms with Gasteiger partial charge in [-0.1, -0.05) is 21.6 Å². The summed E-state index contributed by atoms with van der Waals surface area (Å²) in [6, 6.07) is 8.46. The molecule has 0 saturated heterocycles. The van der Waals surface area contributed by atoms with Gasteiger partial charge >= 0.3 is 10.4 Å². The lowest BCUT2D eigenvalue weighted by atomic mass is 9.99. The average molecular weight is 583 g/mol. The lowest BCUT2D eigenvalue weighted by Gasteiger charge is -2.26. The summed E-state index contributed by atoms with van der Waals surface area (Å²) in [6.45, 7) is 4.80. The van der Waals surface area contributed by atoms with E-state index in [1.54, 1.807) is 13.2 Å². The maximum Gasteiger partial charge on any atom is 0.399 e. The first-order chi connectivity index (χ1) is 17.8. The zero-order valence-corrected chi connectivity index (χ0v) is 24.1. The van der Waals surface area contributed by atoms with Gasteiger partial charge in [-0.2, -0.15) is 13.4 Å². The number of likely N-dealkylation sites (N-methyl/N-ethyl adjacent to an activating group) is 1. The Balaban J connectivity index is 1.75. The smallest absolute Gasteiger partial charge is 0.399 e. The number of aromatic nitrogens is 2. The van der Waals surface area contributed by atoms with E-state index in [1.165, 1.54) is 37.2 Å². The summed E-state index contributed by atoms with van der Waals surface area (Å²) in [5, 5.41) is 6.55. The lowest BCUT2D eigenvalue weighted by Crippen LogP contribution is -2.26. The first-order valence-electron chi connectivity index (χ1n) is 11.6. The Morgan fingerprint density at radius 3 is 2.61 bits per heavy atom. The van der Waals surface area contributed by atoms with Crippen LogP contribution < -0.4 is 25.0 Å². The van der Waals surface area contributed by atoms with Crippen LogP contribution in [-0.4, -0.2) is 64.4 Å². The van der Waals surface area contributed by atoms with Gasteiger partial charge in [0, 0.05) is 25.4 Å². The van der Waals surface area contributed by atoms with Gasteiger partial charge in [0.25, 0.3) is 0 Å². The van der Waals surface area contributed by atoms with E-state index in [0.717, 1.165) is 32.1 Å². The molecule has 10 nitrogen and oxygen atoms in total. The fraction of sp³-hybridized carbons (Fsp3) is 0.333. The number of para-hydroxylation sites is 1. The highest BCUT2D eigenvalue weighted by molar-refractivity contribution is 7.87. The largest absolute Gasteiger partial charge is 0.495 e. The van der Waals surface area contributed by atoms with Gasteiger partial charge in [0.05, 0.1) is 30.4 Å². The Morgan fingerprint density at radius 2 is 1.95 bits per heavy atom. The van der Waals surface area contributed by atoms with E-state index in [2.05, 4.69) is 32.5 Å². The Kier molecular flexibility index (Phi) is 7.90. The van der Waals surface area contributed by atoms with Crippen molar-refractivity contribution in [2.24, 2.45) is 0 Å². The third-order valence-electron chi connectivity index (χ3n) is 6.23. The molecule has 2 heterocycles. The second-order valence-electron chi connectivity index (χ2n) is 9.38. The van der Waals surface area contributed by atoms with Crippen molar-refractivity contribution in [1.82, 2.24) is 14.9 Å². The van der Waals surface area contributed by atoms with E-state index in [-0.39, 0.29) is 28.2 Å². The molecule has 0 bridgehead atoms. The summed E-state index contributed by atoms with van der Waals surface area (Å²) in [7, 11) is -3.35. The number of hydrogen-bond acceptors (Lipinski definition) is 9. The quantitative estimate of drug-likeness (QED) is 0.292. The van der Waals surface area contributed by atoms with Gasteiger partial charge in [0.1, 0.15) is 17.9 Å². The van der Waals surface area contributed by atoms with E-state index in [9.17, 15) is 16.9 Å². The second-order valence-corrected chi connectivity index (χ2v) is 14.3. The van der Waals surface area contributed by atoms with Crippen LogP contribution in [0.2, 0.25) is 5.02 Å². The summed E-state index contributed by atoms with van der Waals surface area (Å²) < 4.78 is 56.4. The van der Waals surface area contributed by atoms with Crippen LogP contribution in [0.3, 0.4) is 0 Å². The number of ether oxygens (including phenoxy) is 1. The molecule has 0 aliphatic carbocycles. The van der Waals surface area contributed by atoms with Crippen molar-refractivity contribution in [3.63, 3.8) is 0 Å². The van der Waals surface area contributed by atoms with Crippen LogP contribution in [0.15, 0.2) is 36.5 Å². The van der Waals surface area contributed by atoms with Gasteiger partial charge in [-0.3, -0.25) is 0 Å². The zero-order valence-electron chi connectivity index (χ0n) is 21.6. The van der Waals surface area contributed by atoms with Crippen LogP contribution in [-0.2, 0) is 27.9 Å². The summed E-state index contributed by atoms with van der Waals surface area (Å²) in [5.41, 5.74) is 3.07. The maximum atomic E-state index is 13.9. The Labute approximate surface area is 226 Å². The number of hydrogen-bond donors (Lipinski definition) is 2. The van der Waals surface area contributed by atoms with Crippen molar-refractivity contribution in [1.29, 1.82) is 0 Å². The van der Waals surface area contributed by atoms with Crippen LogP contribution in [0.25, 0.3) is 0 Å². The molecule has 1 aromatic heterocycles. The zero-order chi connectivity index (χ0) is 27.8. The highest BCUT2D eigenvalue weighted by atomic mass is 35.5. The molecule has 0 atom stereocenters. The number of nitrogens with one attached hydrogen (secondary N) is 2. The maximum absolute atomic E-state index is 13.9. The summed E-state index contributed by atoms with van der Waals surface area (Å²) in [6.07, 6.45) is 2.28. The third kappa shape index (κ3) is 6.04. The fourth-order valence-electron chi connectivity index (χ4n) is 4.23. The molecule has 2 aromatic carbocycles. The number of anilines is 5. The molecule has 0 radical (unpaired) electrons. The standard InChI is InChI=1S/C24H29ClFN6O4PS/c1-31-10-9-15-12-20(36-3)18(11-16(15)14-31)28-24-27-13-17(25)23(30-24)29-22-19(32(2)38(26,34)35)7-6-8-21(22)37(4,5)33/h6-8,11-13H,9-10,14H2,1-5H3,(H2,27,28,29,30). The van der Waals surface area contributed by atoms with Crippen LogP contribution in [0, 0.1) is 0 Å². The molecule has 0 fully saturated rings. The Hall–Kier alpha value is -2.92. The number of rotatable bonds is 8. The molecule has 1 aliphatic rings. The summed E-state index contributed by atoms with van der Waals surface area (Å²) in [5.74, 6) is 0.912. The summed E-state index contributed by atoms with van der Waals surface area (Å²) in [4.78, 5) is 11.0. The lowest BCUT2D eigenvalue weighted by molar-refractivity contribution is 0.312. The molecule has 0 saturated carbocycles. The molecule has 0 unspecified atom stereocenters. The molecule has 1 aliphatic heterocycles. The molecule has 0 spiro atoms. The minimum Gasteiger partial charge on any atom is -0.495 e. The number of methoxy groups -OCH3 is 1. The van der Waals surface area contributed by atoms with Crippen molar-refractivity contribution < 1.29 is 21.6 Å². The van der Waals surface area contributed by atoms with Crippen LogP contribution in [0.4, 0.5) is 32.7 Å². The van der Waals surface area contributed by atoms with Gasteiger partial charge in [0.15, 0.2) is 5.82 Å². The van der Waals surface area contributed by atoms with E-state index in [0.29, 0.717) is 21.0 Å². The monoisotopic (exact) mass is 582 g/mol. The van der Waals surface area contributed by atoms with Gasteiger partial charge in [-0.25, -0.2) is 9.29 Å². The van der Waals surface area contributed by atoms with E-state index in [4.69, 9.17) is 16.3 Å².